The van der Waals surface area contributed by atoms with Crippen molar-refractivity contribution in [1.82, 2.24) is 15.6 Å². The van der Waals surface area contributed by atoms with Gasteiger partial charge < -0.3 is 24.8 Å². The van der Waals surface area contributed by atoms with Gasteiger partial charge in [-0.1, -0.05) is 0 Å². The van der Waals surface area contributed by atoms with E-state index in [4.69, 9.17) is 9.15 Å². The first-order valence-electron chi connectivity index (χ1n) is 9.47. The van der Waals surface area contributed by atoms with Gasteiger partial charge in [0.1, 0.15) is 29.4 Å². The fourth-order valence-electron chi connectivity index (χ4n) is 3.11. The fraction of sp³-hybridized carbons (Fsp3) is 0.333. The molecular formula is C21H26FIN4O3. The first-order valence-corrected chi connectivity index (χ1v) is 9.47. The Morgan fingerprint density at radius 3 is 2.83 bits per heavy atom. The highest BCUT2D eigenvalue weighted by Crippen LogP contribution is 2.19. The molecule has 3 aromatic rings. The van der Waals surface area contributed by atoms with Gasteiger partial charge in [-0.2, -0.15) is 0 Å². The highest BCUT2D eigenvalue weighted by Gasteiger charge is 2.15. The highest BCUT2D eigenvalue weighted by molar-refractivity contribution is 14.0. The van der Waals surface area contributed by atoms with Crippen LogP contribution in [0.15, 0.2) is 39.9 Å². The third-order valence-electron chi connectivity index (χ3n) is 4.53. The number of halogens is 2. The van der Waals surface area contributed by atoms with Crippen LogP contribution in [0.5, 0.6) is 0 Å². The lowest BCUT2D eigenvalue weighted by Crippen LogP contribution is -2.38. The average Bonchev–Trinajstić information content (AvgIpc) is 3.28. The van der Waals surface area contributed by atoms with Crippen LogP contribution in [0.1, 0.15) is 34.4 Å². The Morgan fingerprint density at radius 1 is 1.30 bits per heavy atom. The van der Waals surface area contributed by atoms with Crippen LogP contribution in [0.25, 0.3) is 10.9 Å². The number of nitrogens with one attached hydrogen (secondary N) is 3. The van der Waals surface area contributed by atoms with Crippen LogP contribution in [0, 0.1) is 12.7 Å². The summed E-state index contributed by atoms with van der Waals surface area (Å²) in [5.41, 5.74) is 2.35. The van der Waals surface area contributed by atoms with Crippen LogP contribution < -0.4 is 10.6 Å². The number of aromatic amines is 1. The molecule has 0 spiro atoms. The number of carbonyl (C=O) groups is 1. The number of aromatic nitrogens is 1. The molecule has 0 atom stereocenters. The van der Waals surface area contributed by atoms with E-state index in [1.54, 1.807) is 25.1 Å². The largest absolute Gasteiger partial charge is 0.465 e. The summed E-state index contributed by atoms with van der Waals surface area (Å²) in [4.78, 5) is 19.3. The van der Waals surface area contributed by atoms with Crippen molar-refractivity contribution < 1.29 is 18.3 Å². The standard InChI is InChI=1S/C21H25FN4O3.HI/c1-4-23-21(26-12-16-10-17(13(2)29-16)20(27)28-3)24-8-7-14-11-25-19-6-5-15(22)9-18(14)19;/h5-6,9-11,25H,4,7-8,12H2,1-3H3,(H2,23,24,26);1H. The number of carbonyl (C=O) groups excluding carboxylic acids is 1. The van der Waals surface area contributed by atoms with Gasteiger partial charge in [-0.05, 0) is 50.1 Å². The van der Waals surface area contributed by atoms with E-state index in [1.807, 2.05) is 13.1 Å². The van der Waals surface area contributed by atoms with Crippen molar-refractivity contribution in [3.8, 4) is 0 Å². The number of benzene rings is 1. The van der Waals surface area contributed by atoms with E-state index in [2.05, 4.69) is 20.6 Å². The van der Waals surface area contributed by atoms with E-state index < -0.39 is 5.97 Å². The zero-order valence-electron chi connectivity index (χ0n) is 17.2. The van der Waals surface area contributed by atoms with Gasteiger partial charge in [-0.3, -0.25) is 0 Å². The number of aliphatic imine (C=N–C) groups is 1. The Labute approximate surface area is 191 Å². The number of ether oxygens (including phenoxy) is 1. The summed E-state index contributed by atoms with van der Waals surface area (Å²) in [6.07, 6.45) is 2.61. The van der Waals surface area contributed by atoms with Gasteiger partial charge in [0.25, 0.3) is 0 Å². The van der Waals surface area contributed by atoms with Gasteiger partial charge in [-0.25, -0.2) is 14.2 Å². The van der Waals surface area contributed by atoms with E-state index in [0.717, 1.165) is 16.5 Å². The average molecular weight is 528 g/mol. The quantitative estimate of drug-likeness (QED) is 0.187. The summed E-state index contributed by atoms with van der Waals surface area (Å²) in [7, 11) is 1.34. The maximum absolute atomic E-state index is 13.5. The van der Waals surface area contributed by atoms with Gasteiger partial charge in [0.2, 0.25) is 0 Å². The second-order valence-corrected chi connectivity index (χ2v) is 6.55. The SMILES string of the molecule is CCNC(=NCc1cc(C(=O)OC)c(C)o1)NCCc1c[nH]c2ccc(F)cc12.I. The monoisotopic (exact) mass is 528 g/mol. The second-order valence-electron chi connectivity index (χ2n) is 6.55. The lowest BCUT2D eigenvalue weighted by molar-refractivity contribution is 0.0599. The van der Waals surface area contributed by atoms with Crippen LogP contribution in [0.3, 0.4) is 0 Å². The molecule has 9 heteroatoms. The molecule has 162 valence electrons. The predicted molar refractivity (Wildman–Crippen MR) is 125 cm³/mol. The molecule has 0 saturated heterocycles. The third kappa shape index (κ3) is 5.74. The number of hydrogen-bond donors (Lipinski definition) is 3. The maximum atomic E-state index is 13.5. The molecule has 2 aromatic heterocycles. The summed E-state index contributed by atoms with van der Waals surface area (Å²) in [5.74, 6) is 1.04. The normalized spacial score (nSPS) is 11.3. The Bertz CT molecular complexity index is 1030. The molecule has 0 aliphatic carbocycles. The number of fused-ring (bicyclic) bond motifs is 1. The van der Waals surface area contributed by atoms with Crippen LogP contribution in [-0.4, -0.2) is 37.1 Å². The van der Waals surface area contributed by atoms with Crippen molar-refractivity contribution in [1.29, 1.82) is 0 Å². The minimum absolute atomic E-state index is 0. The van der Waals surface area contributed by atoms with Crippen molar-refractivity contribution in [2.75, 3.05) is 20.2 Å². The zero-order valence-corrected chi connectivity index (χ0v) is 19.5. The highest BCUT2D eigenvalue weighted by atomic mass is 127. The lowest BCUT2D eigenvalue weighted by Gasteiger charge is -2.10. The van der Waals surface area contributed by atoms with E-state index in [-0.39, 0.29) is 36.3 Å². The number of rotatable bonds is 7. The van der Waals surface area contributed by atoms with Crippen LogP contribution in [0.4, 0.5) is 4.39 Å². The molecule has 2 heterocycles. The van der Waals surface area contributed by atoms with Gasteiger partial charge >= 0.3 is 5.97 Å². The van der Waals surface area contributed by atoms with Crippen molar-refractivity contribution >= 4 is 46.8 Å². The molecule has 30 heavy (non-hydrogen) atoms. The van der Waals surface area contributed by atoms with Crippen LogP contribution in [0.2, 0.25) is 0 Å². The van der Waals surface area contributed by atoms with Gasteiger partial charge in [0, 0.05) is 30.2 Å². The lowest BCUT2D eigenvalue weighted by atomic mass is 10.1. The topological polar surface area (TPSA) is 91.7 Å². The van der Waals surface area contributed by atoms with Crippen molar-refractivity contribution in [2.45, 2.75) is 26.8 Å². The molecule has 0 bridgehead atoms. The molecule has 0 unspecified atom stereocenters. The van der Waals surface area contributed by atoms with E-state index in [1.165, 1.54) is 13.2 Å². The van der Waals surface area contributed by atoms with Crippen LogP contribution >= 0.6 is 24.0 Å². The molecule has 1 aromatic carbocycles. The number of H-pyrrole nitrogens is 1. The number of methoxy groups -OCH3 is 1. The number of aryl methyl sites for hydroxylation is 1. The summed E-state index contributed by atoms with van der Waals surface area (Å²) < 4.78 is 23.8. The number of hydrogen-bond acceptors (Lipinski definition) is 4. The summed E-state index contributed by atoms with van der Waals surface area (Å²) in [6.45, 7) is 5.30. The van der Waals surface area contributed by atoms with E-state index in [9.17, 15) is 9.18 Å². The van der Waals surface area contributed by atoms with Crippen molar-refractivity contribution in [2.24, 2.45) is 4.99 Å². The minimum Gasteiger partial charge on any atom is -0.465 e. The van der Waals surface area contributed by atoms with E-state index >= 15 is 0 Å². The molecule has 0 aliphatic rings. The van der Waals surface area contributed by atoms with Gasteiger partial charge in [-0.15, -0.1) is 24.0 Å². The number of nitrogens with zero attached hydrogens (tertiary/aromatic N) is 1. The van der Waals surface area contributed by atoms with E-state index in [0.29, 0.717) is 42.6 Å². The third-order valence-corrected chi connectivity index (χ3v) is 4.53. The number of esters is 1. The maximum Gasteiger partial charge on any atom is 0.341 e. The van der Waals surface area contributed by atoms with Crippen LogP contribution in [-0.2, 0) is 17.7 Å². The summed E-state index contributed by atoms with van der Waals surface area (Å²) in [5, 5.41) is 7.32. The first kappa shape index (κ1) is 23.7. The molecule has 7 nitrogen and oxygen atoms in total. The molecular weight excluding hydrogens is 502 g/mol. The number of guanidine groups is 1. The summed E-state index contributed by atoms with van der Waals surface area (Å²) in [6, 6.07) is 6.37. The van der Waals surface area contributed by atoms with Gasteiger partial charge in [0.15, 0.2) is 5.96 Å². The molecule has 0 amide bonds. The molecule has 3 rings (SSSR count). The smallest absolute Gasteiger partial charge is 0.341 e. The van der Waals surface area contributed by atoms with Crippen molar-refractivity contribution in [3.05, 3.63) is 58.9 Å². The van der Waals surface area contributed by atoms with Crippen molar-refractivity contribution in [3.63, 3.8) is 0 Å². The second kappa shape index (κ2) is 11.0. The minimum atomic E-state index is -0.429. The Hall–Kier alpha value is -2.56. The zero-order chi connectivity index (χ0) is 20.8. The number of furan rings is 1. The molecule has 0 radical (unpaired) electrons. The Morgan fingerprint density at radius 2 is 2.10 bits per heavy atom. The Balaban J connectivity index is 0.00000320. The molecule has 0 aliphatic heterocycles. The Kier molecular flexibility index (Phi) is 8.70. The summed E-state index contributed by atoms with van der Waals surface area (Å²) >= 11 is 0. The van der Waals surface area contributed by atoms with Gasteiger partial charge in [0.05, 0.1) is 7.11 Å². The predicted octanol–water partition coefficient (Wildman–Crippen LogP) is 3.91. The molecule has 3 N–H and O–H groups in total. The molecule has 0 saturated carbocycles. The molecule has 0 fully saturated rings. The fourth-order valence-corrected chi connectivity index (χ4v) is 3.11. The first-order chi connectivity index (χ1) is 14.0.